The lowest BCUT2D eigenvalue weighted by atomic mass is 10.1. The Bertz CT molecular complexity index is 546. The average molecular weight is 245 g/mol. The van der Waals surface area contributed by atoms with Crippen molar-refractivity contribution in [3.63, 3.8) is 0 Å². The average Bonchev–Trinajstić information content (AvgIpc) is 2.72. The molecule has 0 aliphatic heterocycles. The van der Waals surface area contributed by atoms with Gasteiger partial charge in [-0.1, -0.05) is 11.6 Å². The number of methoxy groups -OCH3 is 1. The van der Waals surface area contributed by atoms with E-state index in [1.165, 1.54) is 5.56 Å². The summed E-state index contributed by atoms with van der Waals surface area (Å²) in [6, 6.07) is 6.14. The highest BCUT2D eigenvalue weighted by atomic mass is 16.5. The van der Waals surface area contributed by atoms with Crippen molar-refractivity contribution in [3.8, 4) is 17.0 Å². The van der Waals surface area contributed by atoms with Crippen molar-refractivity contribution < 1.29 is 4.74 Å². The van der Waals surface area contributed by atoms with Crippen LogP contribution in [-0.4, -0.2) is 23.7 Å². The van der Waals surface area contributed by atoms with Crippen molar-refractivity contribution >= 4 is 0 Å². The van der Waals surface area contributed by atoms with Gasteiger partial charge in [0.2, 0.25) is 0 Å². The van der Waals surface area contributed by atoms with Gasteiger partial charge in [0.15, 0.2) is 0 Å². The van der Waals surface area contributed by atoms with Crippen LogP contribution in [0.1, 0.15) is 11.3 Å². The zero-order chi connectivity index (χ0) is 13.1. The topological polar surface area (TPSA) is 39.1 Å². The lowest BCUT2D eigenvalue weighted by molar-refractivity contribution is 0.416. The first kappa shape index (κ1) is 12.6. The first-order valence-corrected chi connectivity index (χ1v) is 5.97. The fourth-order valence-corrected chi connectivity index (χ4v) is 2.06. The van der Waals surface area contributed by atoms with Crippen LogP contribution in [0.2, 0.25) is 0 Å². The summed E-state index contributed by atoms with van der Waals surface area (Å²) in [6.07, 6.45) is 1.84. The number of nitrogens with zero attached hydrogens (tertiary/aromatic N) is 2. The summed E-state index contributed by atoms with van der Waals surface area (Å²) in [4.78, 5) is 4.50. The number of hydrogen-bond acceptors (Lipinski definition) is 3. The number of nitrogens with one attached hydrogen (secondary N) is 1. The van der Waals surface area contributed by atoms with Gasteiger partial charge in [-0.3, -0.25) is 0 Å². The molecule has 0 aliphatic carbocycles. The maximum Gasteiger partial charge on any atom is 0.128 e. The van der Waals surface area contributed by atoms with Crippen LogP contribution in [0, 0.1) is 6.92 Å². The molecule has 0 spiro atoms. The van der Waals surface area contributed by atoms with Gasteiger partial charge < -0.3 is 14.6 Å². The summed E-state index contributed by atoms with van der Waals surface area (Å²) in [5.41, 5.74) is 4.38. The minimum atomic E-state index is 0.781. The predicted octanol–water partition coefficient (Wildman–Crippen LogP) is 2.12. The molecule has 2 aromatic rings. The van der Waals surface area contributed by atoms with E-state index in [-0.39, 0.29) is 0 Å². The zero-order valence-corrected chi connectivity index (χ0v) is 11.3. The van der Waals surface area contributed by atoms with E-state index in [0.717, 1.165) is 29.2 Å². The molecule has 18 heavy (non-hydrogen) atoms. The number of hydrogen-bond donors (Lipinski definition) is 1. The van der Waals surface area contributed by atoms with Crippen LogP contribution in [0.3, 0.4) is 0 Å². The van der Waals surface area contributed by atoms with Gasteiger partial charge in [-0.05, 0) is 26.1 Å². The summed E-state index contributed by atoms with van der Waals surface area (Å²) in [5, 5.41) is 3.17. The Morgan fingerprint density at radius 1 is 1.39 bits per heavy atom. The van der Waals surface area contributed by atoms with Gasteiger partial charge >= 0.3 is 0 Å². The molecule has 0 aliphatic rings. The summed E-state index contributed by atoms with van der Waals surface area (Å²) < 4.78 is 7.46. The second-order valence-electron chi connectivity index (χ2n) is 4.38. The van der Waals surface area contributed by atoms with Crippen molar-refractivity contribution in [2.24, 2.45) is 7.05 Å². The molecule has 0 bridgehead atoms. The van der Waals surface area contributed by atoms with E-state index in [1.54, 1.807) is 7.11 Å². The van der Waals surface area contributed by atoms with E-state index in [9.17, 15) is 0 Å². The van der Waals surface area contributed by atoms with Crippen LogP contribution in [-0.2, 0) is 13.6 Å². The van der Waals surface area contributed by atoms with Gasteiger partial charge in [0, 0.05) is 19.2 Å². The minimum absolute atomic E-state index is 0.781. The molecule has 2 rings (SSSR count). The second kappa shape index (κ2) is 5.23. The molecule has 0 atom stereocenters. The summed E-state index contributed by atoms with van der Waals surface area (Å²) in [6.45, 7) is 2.85. The zero-order valence-electron chi connectivity index (χ0n) is 11.3. The van der Waals surface area contributed by atoms with E-state index >= 15 is 0 Å². The Kier molecular flexibility index (Phi) is 3.67. The van der Waals surface area contributed by atoms with Gasteiger partial charge in [-0.15, -0.1) is 0 Å². The number of imidazole rings is 1. The third-order valence-corrected chi connectivity index (χ3v) is 3.01. The fraction of sp³-hybridized carbons (Fsp3) is 0.357. The lowest BCUT2D eigenvalue weighted by Gasteiger charge is -2.10. The van der Waals surface area contributed by atoms with Gasteiger partial charge in [0.1, 0.15) is 5.75 Å². The number of aromatic nitrogens is 2. The van der Waals surface area contributed by atoms with Crippen LogP contribution in [0.15, 0.2) is 24.5 Å². The summed E-state index contributed by atoms with van der Waals surface area (Å²) in [7, 11) is 5.63. The number of aryl methyl sites for hydroxylation is 2. The van der Waals surface area contributed by atoms with Crippen LogP contribution in [0.5, 0.6) is 5.75 Å². The molecule has 4 nitrogen and oxygen atoms in total. The molecule has 0 amide bonds. The maximum absolute atomic E-state index is 5.43. The largest absolute Gasteiger partial charge is 0.496 e. The van der Waals surface area contributed by atoms with E-state index in [4.69, 9.17) is 4.74 Å². The number of rotatable bonds is 4. The van der Waals surface area contributed by atoms with Gasteiger partial charge in [0.25, 0.3) is 0 Å². The summed E-state index contributed by atoms with van der Waals surface area (Å²) >= 11 is 0. The first-order valence-electron chi connectivity index (χ1n) is 5.97. The molecule has 0 radical (unpaired) electrons. The highest BCUT2D eigenvalue weighted by Crippen LogP contribution is 2.31. The summed E-state index contributed by atoms with van der Waals surface area (Å²) in [5.74, 6) is 0.858. The van der Waals surface area contributed by atoms with E-state index in [1.807, 2.05) is 37.1 Å². The van der Waals surface area contributed by atoms with Crippen molar-refractivity contribution in [1.29, 1.82) is 0 Å². The van der Waals surface area contributed by atoms with Crippen molar-refractivity contribution in [1.82, 2.24) is 14.9 Å². The molecule has 1 N–H and O–H groups in total. The molecule has 0 fully saturated rings. The van der Waals surface area contributed by atoms with Gasteiger partial charge in [-0.2, -0.15) is 0 Å². The van der Waals surface area contributed by atoms with Crippen LogP contribution < -0.4 is 10.1 Å². The molecule has 1 heterocycles. The molecule has 4 heteroatoms. The van der Waals surface area contributed by atoms with Crippen molar-refractivity contribution in [2.75, 3.05) is 14.2 Å². The lowest BCUT2D eigenvalue weighted by Crippen LogP contribution is -2.10. The molecule has 0 unspecified atom stereocenters. The Balaban J connectivity index is 2.57. The Morgan fingerprint density at radius 3 is 2.83 bits per heavy atom. The standard InChI is InChI=1S/C14H19N3O/c1-10-5-6-13(18-4)11(7-10)14-12(8-15-2)17(3)9-16-14/h5-7,9,15H,8H2,1-4H3. The monoisotopic (exact) mass is 245 g/mol. The van der Waals surface area contributed by atoms with E-state index in [0.29, 0.717) is 0 Å². The van der Waals surface area contributed by atoms with Gasteiger partial charge in [0.05, 0.1) is 24.8 Å². The Hall–Kier alpha value is -1.81. The number of benzene rings is 1. The molecular formula is C14H19N3O. The molecule has 1 aromatic heterocycles. The van der Waals surface area contributed by atoms with Gasteiger partial charge in [-0.25, -0.2) is 4.98 Å². The molecule has 0 saturated heterocycles. The first-order chi connectivity index (χ1) is 8.67. The Labute approximate surface area is 108 Å². The SMILES string of the molecule is CNCc1c(-c2cc(C)ccc2OC)ncn1C. The third kappa shape index (κ3) is 2.24. The normalized spacial score (nSPS) is 10.7. The van der Waals surface area contributed by atoms with E-state index in [2.05, 4.69) is 23.3 Å². The fourth-order valence-electron chi connectivity index (χ4n) is 2.06. The van der Waals surface area contributed by atoms with Crippen LogP contribution >= 0.6 is 0 Å². The van der Waals surface area contributed by atoms with E-state index < -0.39 is 0 Å². The third-order valence-electron chi connectivity index (χ3n) is 3.01. The molecule has 96 valence electrons. The highest BCUT2D eigenvalue weighted by Gasteiger charge is 2.14. The molecule has 0 saturated carbocycles. The number of ether oxygens (including phenoxy) is 1. The smallest absolute Gasteiger partial charge is 0.128 e. The second-order valence-corrected chi connectivity index (χ2v) is 4.38. The van der Waals surface area contributed by atoms with Crippen molar-refractivity contribution in [3.05, 3.63) is 35.8 Å². The molecular weight excluding hydrogens is 226 g/mol. The minimum Gasteiger partial charge on any atom is -0.496 e. The maximum atomic E-state index is 5.43. The van der Waals surface area contributed by atoms with Crippen molar-refractivity contribution in [2.45, 2.75) is 13.5 Å². The predicted molar refractivity (Wildman–Crippen MR) is 72.7 cm³/mol. The molecule has 1 aromatic carbocycles. The van der Waals surface area contributed by atoms with Crippen LogP contribution in [0.4, 0.5) is 0 Å². The highest BCUT2D eigenvalue weighted by molar-refractivity contribution is 5.70. The Morgan fingerprint density at radius 2 is 2.17 bits per heavy atom. The van der Waals surface area contributed by atoms with Crippen LogP contribution in [0.25, 0.3) is 11.3 Å². The quantitative estimate of drug-likeness (QED) is 0.896.